The minimum atomic E-state index is -4.16. The third-order valence-corrected chi connectivity index (χ3v) is 15.5. The van der Waals surface area contributed by atoms with E-state index in [4.69, 9.17) is 0 Å². The Bertz CT molecular complexity index is 1200. The van der Waals surface area contributed by atoms with Gasteiger partial charge in [0.15, 0.2) is 0 Å². The molecule has 5 aliphatic heterocycles. The van der Waals surface area contributed by atoms with Crippen molar-refractivity contribution in [2.45, 2.75) is 151 Å². The summed E-state index contributed by atoms with van der Waals surface area (Å²) < 4.78 is 36.1. The van der Waals surface area contributed by atoms with Crippen LogP contribution in [-0.4, -0.2) is 67.5 Å². The zero-order chi connectivity index (χ0) is 29.6. The van der Waals surface area contributed by atoms with E-state index in [2.05, 4.69) is 42.5 Å². The van der Waals surface area contributed by atoms with Gasteiger partial charge < -0.3 is 1.43 Å². The second kappa shape index (κ2) is 14.3. The molecule has 0 amide bonds. The van der Waals surface area contributed by atoms with Crippen LogP contribution in [0.25, 0.3) is 0 Å². The van der Waals surface area contributed by atoms with Gasteiger partial charge in [0.05, 0.1) is 54.6 Å². The minimum absolute atomic E-state index is 0. The molecule has 261 valence electrons. The second-order valence-electron chi connectivity index (χ2n) is 16.2. The number of rotatable bonds is 1. The summed E-state index contributed by atoms with van der Waals surface area (Å²) >= 11 is 0. The molecule has 11 nitrogen and oxygen atoms in total. The maximum Gasteiger partial charge on any atom is 1.00 e. The maximum atomic E-state index is 12.8. The van der Waals surface area contributed by atoms with Gasteiger partial charge in [-0.25, -0.2) is 0 Å². The average Bonchev–Trinajstić information content (AvgIpc) is 3.76. The first-order valence-electron chi connectivity index (χ1n) is 18.5. The van der Waals surface area contributed by atoms with Crippen LogP contribution in [-0.2, 0) is 27.2 Å². The molecule has 5 saturated heterocycles. The monoisotopic (exact) mass is 719 g/mol. The first-order valence-corrected chi connectivity index (χ1v) is 20.0. The fraction of sp³-hybridized carbons (Fsp3) is 1.00. The van der Waals surface area contributed by atoms with Gasteiger partial charge in [0.25, 0.3) is 10.1 Å². The molecule has 1 radical (unpaired) electrons. The molecule has 14 heteroatoms. The van der Waals surface area contributed by atoms with Gasteiger partial charge in [-0.15, -0.1) is 0 Å². The van der Waals surface area contributed by atoms with Crippen molar-refractivity contribution >= 4 is 10.1 Å². The van der Waals surface area contributed by atoms with Crippen LogP contribution in [0.1, 0.15) is 97.7 Å². The Hall–Kier alpha value is 1.11. The Morgan fingerprint density at radius 1 is 0.413 bits per heavy atom. The molecule has 0 aromatic rings. The van der Waals surface area contributed by atoms with E-state index >= 15 is 0 Å². The largest absolute Gasteiger partial charge is 1.00 e. The normalized spacial score (nSPS) is 53.1. The van der Waals surface area contributed by atoms with Gasteiger partial charge in [-0.05, 0) is 92.8 Å². The Balaban J connectivity index is 0.00000129. The van der Waals surface area contributed by atoms with Gasteiger partial charge in [0, 0.05) is 23.0 Å². The number of nitrogens with one attached hydrogen (secondary N) is 8. The summed E-state index contributed by atoms with van der Waals surface area (Å²) in [5, 5.41) is 31.8. The van der Waals surface area contributed by atoms with E-state index in [1.165, 1.54) is 77.0 Å². The zero-order valence-electron chi connectivity index (χ0n) is 28.4. The van der Waals surface area contributed by atoms with Crippen molar-refractivity contribution in [3.8, 4) is 0 Å². The van der Waals surface area contributed by atoms with Crippen molar-refractivity contribution in [1.29, 1.82) is 0 Å². The van der Waals surface area contributed by atoms with E-state index in [9.17, 15) is 13.0 Å². The Morgan fingerprint density at radius 3 is 0.978 bits per heavy atom. The summed E-state index contributed by atoms with van der Waals surface area (Å²) in [6.07, 6.45) is 18.9. The standard InChI is InChI=1S/C32H56N8O3S.Cu.Na.H/c41-44(42,43)23-15-7-14-22-24(23)32-39-30-21-13-6-5-12-20(21)28(37-30)35-26-17-9-2-1-8-16(17)25(33-26)34-27-18-10-3-4-11-19(18)29(36-27)38-31(22)40-32;;;/h16-40H,1-15H2,(H,41,42,43);;;/q;;+1;-1. The third kappa shape index (κ3) is 6.29. The van der Waals surface area contributed by atoms with Crippen molar-refractivity contribution < 1.29 is 61.0 Å². The molecule has 0 aromatic heterocycles. The molecule has 9 rings (SSSR count). The molecular weight excluding hydrogens is 663 g/mol. The van der Waals surface area contributed by atoms with E-state index < -0.39 is 15.4 Å². The van der Waals surface area contributed by atoms with Crippen molar-refractivity contribution in [3.05, 3.63) is 0 Å². The molecule has 17 atom stereocenters. The molecular formula is C32H57CuN8NaO3S. The van der Waals surface area contributed by atoms with E-state index in [0.717, 1.165) is 12.8 Å². The van der Waals surface area contributed by atoms with Crippen LogP contribution in [0.2, 0.25) is 0 Å². The summed E-state index contributed by atoms with van der Waals surface area (Å²) in [6, 6.07) is 0. The number of hydrogen-bond acceptors (Lipinski definition) is 10. The number of hydrogen-bond donors (Lipinski definition) is 9. The van der Waals surface area contributed by atoms with Crippen molar-refractivity contribution in [3.63, 3.8) is 0 Å². The number of fused-ring (bicyclic) bond motifs is 20. The SMILES string of the molecule is O=S(=O)(O)C1CCCC2C3NC4NC(NC5NC(NC6NC(NC(N3)C21)C1CCCCC61)C1CCCCC51)C1CCCCC41.[Cu].[H-].[Na+]. The third-order valence-electron chi connectivity index (χ3n) is 14.2. The van der Waals surface area contributed by atoms with Gasteiger partial charge in [0.1, 0.15) is 0 Å². The topological polar surface area (TPSA) is 151 Å². The molecule has 9 aliphatic rings. The van der Waals surface area contributed by atoms with Crippen LogP contribution in [0.15, 0.2) is 0 Å². The maximum absolute atomic E-state index is 12.8. The van der Waals surface area contributed by atoms with Crippen LogP contribution in [0, 0.1) is 47.3 Å². The summed E-state index contributed by atoms with van der Waals surface area (Å²) in [5.41, 5.74) is 0. The summed E-state index contributed by atoms with van der Waals surface area (Å²) in [6.45, 7) is 0. The second-order valence-corrected chi connectivity index (χ2v) is 17.9. The molecule has 5 heterocycles. The van der Waals surface area contributed by atoms with Crippen LogP contribution < -0.4 is 72.1 Å². The Labute approximate surface area is 310 Å². The first-order chi connectivity index (χ1) is 21.4. The van der Waals surface area contributed by atoms with Gasteiger partial charge in [-0.1, -0.05) is 44.9 Å². The molecule has 9 fully saturated rings. The van der Waals surface area contributed by atoms with Crippen LogP contribution in [0.5, 0.6) is 0 Å². The van der Waals surface area contributed by atoms with Crippen LogP contribution in [0.3, 0.4) is 0 Å². The minimum Gasteiger partial charge on any atom is -1.00 e. The zero-order valence-corrected chi connectivity index (χ0v) is 31.2. The fourth-order valence-corrected chi connectivity index (χ4v) is 13.6. The Kier molecular flexibility index (Phi) is 11.0. The summed E-state index contributed by atoms with van der Waals surface area (Å²) in [4.78, 5) is 0. The molecule has 4 aliphatic carbocycles. The Morgan fingerprint density at radius 2 is 0.674 bits per heavy atom. The van der Waals surface area contributed by atoms with E-state index in [1.54, 1.807) is 0 Å². The van der Waals surface area contributed by atoms with Gasteiger partial charge in [0.2, 0.25) is 0 Å². The van der Waals surface area contributed by atoms with Crippen molar-refractivity contribution in [1.82, 2.24) is 42.5 Å². The van der Waals surface area contributed by atoms with Crippen molar-refractivity contribution in [2.24, 2.45) is 47.3 Å². The smallest absolute Gasteiger partial charge is 1.00 e. The molecule has 9 N–H and O–H groups in total. The van der Waals surface area contributed by atoms with Crippen molar-refractivity contribution in [2.75, 3.05) is 0 Å². The predicted molar refractivity (Wildman–Crippen MR) is 169 cm³/mol. The van der Waals surface area contributed by atoms with Crippen LogP contribution in [0.4, 0.5) is 0 Å². The molecule has 4 saturated carbocycles. The average molecular weight is 720 g/mol. The van der Waals surface area contributed by atoms with E-state index in [-0.39, 0.29) is 96.9 Å². The summed E-state index contributed by atoms with van der Waals surface area (Å²) in [7, 11) is -4.16. The molecule has 46 heavy (non-hydrogen) atoms. The van der Waals surface area contributed by atoms with Gasteiger partial charge >= 0.3 is 29.6 Å². The summed E-state index contributed by atoms with van der Waals surface area (Å²) in [5.74, 6) is 3.50. The fourth-order valence-electron chi connectivity index (χ4n) is 12.3. The quantitative estimate of drug-likeness (QED) is 0.116. The molecule has 0 aromatic carbocycles. The predicted octanol–water partition coefficient (Wildman–Crippen LogP) is -1.41. The molecule has 17 unspecified atom stereocenters. The van der Waals surface area contributed by atoms with E-state index in [1.807, 2.05) is 0 Å². The van der Waals surface area contributed by atoms with Crippen LogP contribution >= 0.6 is 0 Å². The van der Waals surface area contributed by atoms with Gasteiger partial charge in [-0.2, -0.15) is 8.42 Å². The molecule has 8 bridgehead atoms. The molecule has 0 spiro atoms. The van der Waals surface area contributed by atoms with Gasteiger partial charge in [-0.3, -0.25) is 47.1 Å². The van der Waals surface area contributed by atoms with E-state index in [0.29, 0.717) is 54.3 Å². The first kappa shape index (κ1) is 35.5.